The van der Waals surface area contributed by atoms with E-state index in [0.717, 1.165) is 17.1 Å². The smallest absolute Gasteiger partial charge is 0.188 e. The minimum atomic E-state index is -0.206. The maximum atomic E-state index is 12.7. The van der Waals surface area contributed by atoms with Crippen molar-refractivity contribution in [2.45, 2.75) is 24.3 Å². The SMILES string of the molecule is COCC(C)NC(N)=NCCCSc1ccc(F)cc1.I. The quantitative estimate of drug-likeness (QED) is 0.220. The molecule has 0 heterocycles. The molecule has 0 amide bonds. The lowest BCUT2D eigenvalue weighted by Gasteiger charge is -2.12. The van der Waals surface area contributed by atoms with Crippen LogP contribution in [0.3, 0.4) is 0 Å². The second-order valence-corrected chi connectivity index (χ2v) is 5.59. The second-order valence-electron chi connectivity index (χ2n) is 4.42. The molecule has 4 nitrogen and oxygen atoms in total. The molecule has 0 bridgehead atoms. The number of benzene rings is 1. The van der Waals surface area contributed by atoms with Crippen LogP contribution in [0.2, 0.25) is 0 Å². The van der Waals surface area contributed by atoms with Gasteiger partial charge in [0.1, 0.15) is 5.82 Å². The number of thioether (sulfide) groups is 1. The summed E-state index contributed by atoms with van der Waals surface area (Å²) < 4.78 is 17.7. The Hall–Kier alpha value is -0.540. The van der Waals surface area contributed by atoms with E-state index < -0.39 is 0 Å². The molecule has 0 radical (unpaired) electrons. The van der Waals surface area contributed by atoms with Crippen LogP contribution in [0.25, 0.3) is 0 Å². The van der Waals surface area contributed by atoms with E-state index in [1.54, 1.807) is 31.0 Å². The van der Waals surface area contributed by atoms with Gasteiger partial charge < -0.3 is 15.8 Å². The van der Waals surface area contributed by atoms with Gasteiger partial charge in [-0.2, -0.15) is 0 Å². The van der Waals surface area contributed by atoms with Crippen LogP contribution in [0.4, 0.5) is 4.39 Å². The average Bonchev–Trinajstić information content (AvgIpc) is 2.40. The third-order valence-corrected chi connectivity index (χ3v) is 3.58. The van der Waals surface area contributed by atoms with Gasteiger partial charge in [0.2, 0.25) is 0 Å². The minimum absolute atomic E-state index is 0. The second kappa shape index (κ2) is 12.0. The third kappa shape index (κ3) is 9.92. The van der Waals surface area contributed by atoms with E-state index in [4.69, 9.17) is 10.5 Å². The van der Waals surface area contributed by atoms with Crippen molar-refractivity contribution in [3.05, 3.63) is 30.1 Å². The van der Waals surface area contributed by atoms with Crippen molar-refractivity contribution in [3.8, 4) is 0 Å². The highest BCUT2D eigenvalue weighted by atomic mass is 127. The molecule has 0 aliphatic carbocycles. The van der Waals surface area contributed by atoms with Crippen LogP contribution in [0.5, 0.6) is 0 Å². The summed E-state index contributed by atoms with van der Waals surface area (Å²) in [5.74, 6) is 1.17. The van der Waals surface area contributed by atoms with Crippen LogP contribution in [0, 0.1) is 5.82 Å². The first kappa shape index (κ1) is 20.5. The molecule has 0 spiro atoms. The zero-order valence-electron chi connectivity index (χ0n) is 12.3. The van der Waals surface area contributed by atoms with Gasteiger partial charge in [-0.1, -0.05) is 0 Å². The maximum Gasteiger partial charge on any atom is 0.188 e. The normalized spacial score (nSPS) is 12.6. The van der Waals surface area contributed by atoms with Crippen molar-refractivity contribution < 1.29 is 9.13 Å². The van der Waals surface area contributed by atoms with E-state index in [1.165, 1.54) is 12.1 Å². The van der Waals surface area contributed by atoms with Gasteiger partial charge in [-0.15, -0.1) is 35.7 Å². The number of hydrogen-bond acceptors (Lipinski definition) is 3. The molecule has 0 saturated carbocycles. The van der Waals surface area contributed by atoms with E-state index in [1.807, 2.05) is 6.92 Å². The van der Waals surface area contributed by atoms with Gasteiger partial charge in [0.25, 0.3) is 0 Å². The Balaban J connectivity index is 0.00000400. The molecule has 1 aromatic rings. The largest absolute Gasteiger partial charge is 0.383 e. The molecule has 1 atom stereocenters. The molecule has 0 aliphatic heterocycles. The van der Waals surface area contributed by atoms with Crippen LogP contribution in [-0.4, -0.2) is 38.0 Å². The summed E-state index contributed by atoms with van der Waals surface area (Å²) >= 11 is 1.69. The van der Waals surface area contributed by atoms with Gasteiger partial charge in [0, 0.05) is 24.6 Å². The van der Waals surface area contributed by atoms with Gasteiger partial charge in [-0.3, -0.25) is 4.99 Å². The molecule has 0 aliphatic rings. The number of ether oxygens (including phenoxy) is 1. The molecule has 1 aromatic carbocycles. The summed E-state index contributed by atoms with van der Waals surface area (Å²) in [4.78, 5) is 5.31. The summed E-state index contributed by atoms with van der Waals surface area (Å²) in [6.07, 6.45) is 0.920. The van der Waals surface area contributed by atoms with E-state index in [0.29, 0.717) is 19.1 Å². The number of nitrogens with two attached hydrogens (primary N) is 1. The highest BCUT2D eigenvalue weighted by molar-refractivity contribution is 14.0. The fraction of sp³-hybridized carbons (Fsp3) is 0.500. The fourth-order valence-electron chi connectivity index (χ4n) is 1.57. The lowest BCUT2D eigenvalue weighted by molar-refractivity contribution is 0.179. The molecule has 1 unspecified atom stereocenters. The lowest BCUT2D eigenvalue weighted by Crippen LogP contribution is -2.40. The molecule has 0 fully saturated rings. The van der Waals surface area contributed by atoms with E-state index in [-0.39, 0.29) is 35.8 Å². The Kier molecular flexibility index (Phi) is 11.7. The van der Waals surface area contributed by atoms with Crippen molar-refractivity contribution >= 4 is 41.7 Å². The number of rotatable bonds is 8. The van der Waals surface area contributed by atoms with Crippen molar-refractivity contribution in [1.29, 1.82) is 0 Å². The first-order valence-corrected chi connectivity index (χ1v) is 7.54. The molecule has 21 heavy (non-hydrogen) atoms. The van der Waals surface area contributed by atoms with Gasteiger partial charge in [-0.25, -0.2) is 4.39 Å². The average molecular weight is 427 g/mol. The summed E-state index contributed by atoms with van der Waals surface area (Å²) in [5, 5.41) is 3.05. The monoisotopic (exact) mass is 427 g/mol. The minimum Gasteiger partial charge on any atom is -0.383 e. The Morgan fingerprint density at radius 3 is 2.71 bits per heavy atom. The third-order valence-electron chi connectivity index (χ3n) is 2.48. The van der Waals surface area contributed by atoms with Crippen molar-refractivity contribution in [2.24, 2.45) is 10.7 Å². The summed E-state index contributed by atoms with van der Waals surface area (Å²) in [6, 6.07) is 6.66. The number of guanidine groups is 1. The standard InChI is InChI=1S/C14H22FN3OS.HI/c1-11(10-19-2)18-14(16)17-8-3-9-20-13-6-4-12(15)5-7-13;/h4-7,11H,3,8-10H2,1-2H3,(H3,16,17,18);1H. The Morgan fingerprint density at radius 2 is 2.10 bits per heavy atom. The zero-order chi connectivity index (χ0) is 14.8. The van der Waals surface area contributed by atoms with Gasteiger partial charge in [0.05, 0.1) is 6.61 Å². The summed E-state index contributed by atoms with van der Waals surface area (Å²) in [5.41, 5.74) is 5.75. The Morgan fingerprint density at radius 1 is 1.43 bits per heavy atom. The van der Waals surface area contributed by atoms with E-state index in [9.17, 15) is 4.39 Å². The van der Waals surface area contributed by atoms with Crippen LogP contribution in [-0.2, 0) is 4.74 Å². The number of nitrogens with one attached hydrogen (secondary N) is 1. The highest BCUT2D eigenvalue weighted by Gasteiger charge is 2.01. The first-order valence-electron chi connectivity index (χ1n) is 6.55. The van der Waals surface area contributed by atoms with Crippen molar-refractivity contribution in [2.75, 3.05) is 26.0 Å². The fourth-order valence-corrected chi connectivity index (χ4v) is 2.41. The molecule has 120 valence electrons. The topological polar surface area (TPSA) is 59.6 Å². The lowest BCUT2D eigenvalue weighted by atomic mass is 10.4. The first-order chi connectivity index (χ1) is 9.61. The van der Waals surface area contributed by atoms with Crippen LogP contribution in [0.1, 0.15) is 13.3 Å². The van der Waals surface area contributed by atoms with E-state index in [2.05, 4.69) is 10.3 Å². The molecule has 0 aromatic heterocycles. The summed E-state index contributed by atoms with van der Waals surface area (Å²) in [7, 11) is 1.65. The maximum absolute atomic E-state index is 12.7. The van der Waals surface area contributed by atoms with Crippen LogP contribution >= 0.6 is 35.7 Å². The molecule has 3 N–H and O–H groups in total. The van der Waals surface area contributed by atoms with Crippen molar-refractivity contribution in [3.63, 3.8) is 0 Å². The van der Waals surface area contributed by atoms with Gasteiger partial charge in [0.15, 0.2) is 5.96 Å². The number of hydrogen-bond donors (Lipinski definition) is 2. The molecular weight excluding hydrogens is 404 g/mol. The number of aliphatic imine (C=N–C) groups is 1. The highest BCUT2D eigenvalue weighted by Crippen LogP contribution is 2.18. The predicted molar refractivity (Wildman–Crippen MR) is 98.1 cm³/mol. The van der Waals surface area contributed by atoms with E-state index >= 15 is 0 Å². The van der Waals surface area contributed by atoms with Gasteiger partial charge >= 0.3 is 0 Å². The van der Waals surface area contributed by atoms with Crippen molar-refractivity contribution in [1.82, 2.24) is 5.32 Å². The Bertz CT molecular complexity index is 417. The number of nitrogens with zero attached hydrogens (tertiary/aromatic N) is 1. The molecule has 1 rings (SSSR count). The van der Waals surface area contributed by atoms with Crippen LogP contribution < -0.4 is 11.1 Å². The zero-order valence-corrected chi connectivity index (χ0v) is 15.5. The summed E-state index contributed by atoms with van der Waals surface area (Å²) in [6.45, 7) is 3.25. The Labute approximate surface area is 147 Å². The number of halogens is 2. The van der Waals surface area contributed by atoms with Crippen LogP contribution in [0.15, 0.2) is 34.2 Å². The molecular formula is C14H23FIN3OS. The molecule has 7 heteroatoms. The predicted octanol–water partition coefficient (Wildman–Crippen LogP) is 2.87. The molecule has 0 saturated heterocycles. The van der Waals surface area contributed by atoms with Gasteiger partial charge in [-0.05, 0) is 43.4 Å². The number of methoxy groups -OCH3 is 1.